The van der Waals surface area contributed by atoms with Crippen molar-refractivity contribution in [1.82, 2.24) is 5.43 Å². The second-order valence-corrected chi connectivity index (χ2v) is 6.68. The lowest BCUT2D eigenvalue weighted by atomic mass is 10.2. The molecule has 8 nitrogen and oxygen atoms in total. The zero-order valence-corrected chi connectivity index (χ0v) is 17.7. The summed E-state index contributed by atoms with van der Waals surface area (Å²) in [7, 11) is 1.51. The van der Waals surface area contributed by atoms with Crippen LogP contribution in [0, 0.1) is 0 Å². The number of nitrogens with zero attached hydrogens (tertiary/aromatic N) is 1. The molecule has 154 valence electrons. The van der Waals surface area contributed by atoms with E-state index in [9.17, 15) is 14.7 Å². The third-order valence-corrected chi connectivity index (χ3v) is 4.32. The normalized spacial score (nSPS) is 10.6. The summed E-state index contributed by atoms with van der Waals surface area (Å²) in [4.78, 5) is 23.9. The lowest BCUT2D eigenvalue weighted by molar-refractivity contribution is -0.124. The molecule has 0 bridgehead atoms. The number of ether oxygens (including phenoxy) is 2. The number of hydrogen-bond acceptors (Lipinski definition) is 6. The fourth-order valence-corrected chi connectivity index (χ4v) is 2.82. The molecule has 2 aromatic rings. The third kappa shape index (κ3) is 6.79. The summed E-state index contributed by atoms with van der Waals surface area (Å²) in [5.74, 6) is 0.134. The van der Waals surface area contributed by atoms with Crippen LogP contribution in [0.15, 0.2) is 46.0 Å². The fraction of sp³-hybridized carbons (Fsp3) is 0.250. The Labute approximate surface area is 177 Å². The summed E-state index contributed by atoms with van der Waals surface area (Å²) in [5.41, 5.74) is 3.53. The first-order valence-corrected chi connectivity index (χ1v) is 9.64. The van der Waals surface area contributed by atoms with E-state index < -0.39 is 5.91 Å². The number of amides is 2. The fourth-order valence-electron chi connectivity index (χ4n) is 2.36. The summed E-state index contributed by atoms with van der Waals surface area (Å²) in [6.07, 6.45) is 1.39. The Hall–Kier alpha value is -3.07. The van der Waals surface area contributed by atoms with Crippen molar-refractivity contribution in [3.63, 3.8) is 0 Å². The molecular formula is C20H22BrN3O5. The van der Waals surface area contributed by atoms with E-state index in [0.717, 1.165) is 0 Å². The van der Waals surface area contributed by atoms with Crippen LogP contribution in [0.3, 0.4) is 0 Å². The van der Waals surface area contributed by atoms with E-state index in [0.29, 0.717) is 33.8 Å². The monoisotopic (exact) mass is 463 g/mol. The first kappa shape index (κ1) is 22.2. The predicted molar refractivity (Wildman–Crippen MR) is 114 cm³/mol. The average molecular weight is 464 g/mol. The minimum atomic E-state index is -0.403. The second-order valence-electron chi connectivity index (χ2n) is 5.82. The molecule has 2 amide bonds. The number of para-hydroxylation sites is 2. The molecule has 0 aliphatic heterocycles. The number of benzene rings is 2. The lowest BCUT2D eigenvalue weighted by Crippen LogP contribution is -2.20. The SMILES string of the molecule is CCOc1cc(/C=N/NC(=O)CCC(=O)Nc2ccccc2OC)cc(Br)c1O. The highest BCUT2D eigenvalue weighted by atomic mass is 79.9. The van der Waals surface area contributed by atoms with Gasteiger partial charge in [0.05, 0.1) is 30.1 Å². The Kier molecular flexibility index (Phi) is 8.47. The Morgan fingerprint density at radius 3 is 2.62 bits per heavy atom. The van der Waals surface area contributed by atoms with Gasteiger partial charge in [0.1, 0.15) is 5.75 Å². The van der Waals surface area contributed by atoms with Crippen molar-refractivity contribution in [1.29, 1.82) is 0 Å². The number of hydrazone groups is 1. The molecule has 0 spiro atoms. The van der Waals surface area contributed by atoms with E-state index in [4.69, 9.17) is 9.47 Å². The van der Waals surface area contributed by atoms with Crippen LogP contribution in [-0.4, -0.2) is 36.9 Å². The molecule has 0 unspecified atom stereocenters. The van der Waals surface area contributed by atoms with Gasteiger partial charge in [-0.15, -0.1) is 0 Å². The molecular weight excluding hydrogens is 442 g/mol. The molecule has 0 aliphatic carbocycles. The minimum absolute atomic E-state index is 0.00134. The molecule has 0 fully saturated rings. The van der Waals surface area contributed by atoms with Crippen molar-refractivity contribution in [2.75, 3.05) is 19.0 Å². The van der Waals surface area contributed by atoms with Crippen molar-refractivity contribution in [2.24, 2.45) is 5.10 Å². The van der Waals surface area contributed by atoms with Crippen LogP contribution in [0.2, 0.25) is 0 Å². The standard InChI is InChI=1S/C20H22BrN3O5/c1-3-29-17-11-13(10-14(21)20(17)27)12-22-24-19(26)9-8-18(25)23-15-6-4-5-7-16(15)28-2/h4-7,10-12,27H,3,8-9H2,1-2H3,(H,23,25)(H,24,26)/b22-12+. The minimum Gasteiger partial charge on any atom is -0.503 e. The highest BCUT2D eigenvalue weighted by Gasteiger charge is 2.10. The van der Waals surface area contributed by atoms with Gasteiger partial charge in [-0.05, 0) is 52.7 Å². The number of phenolic OH excluding ortho intramolecular Hbond substituents is 1. The third-order valence-electron chi connectivity index (χ3n) is 3.71. The van der Waals surface area contributed by atoms with E-state index in [1.165, 1.54) is 13.3 Å². The van der Waals surface area contributed by atoms with Crippen LogP contribution >= 0.6 is 15.9 Å². The number of phenols is 1. The number of methoxy groups -OCH3 is 1. The Balaban J connectivity index is 1.84. The number of hydrogen-bond donors (Lipinski definition) is 3. The smallest absolute Gasteiger partial charge is 0.240 e. The van der Waals surface area contributed by atoms with Gasteiger partial charge in [-0.3, -0.25) is 9.59 Å². The predicted octanol–water partition coefficient (Wildman–Crippen LogP) is 3.43. The molecule has 0 aliphatic rings. The van der Waals surface area contributed by atoms with Crippen molar-refractivity contribution in [3.05, 3.63) is 46.4 Å². The molecule has 0 saturated heterocycles. The average Bonchev–Trinajstić information content (AvgIpc) is 2.70. The van der Waals surface area contributed by atoms with Crippen LogP contribution in [0.1, 0.15) is 25.3 Å². The molecule has 0 aromatic heterocycles. The van der Waals surface area contributed by atoms with Gasteiger partial charge in [-0.1, -0.05) is 12.1 Å². The number of aromatic hydroxyl groups is 1. The summed E-state index contributed by atoms with van der Waals surface area (Å²) < 4.78 is 10.9. The molecule has 0 saturated carbocycles. The van der Waals surface area contributed by atoms with Crippen LogP contribution in [-0.2, 0) is 9.59 Å². The lowest BCUT2D eigenvalue weighted by Gasteiger charge is -2.09. The van der Waals surface area contributed by atoms with Crippen molar-refractivity contribution in [2.45, 2.75) is 19.8 Å². The van der Waals surface area contributed by atoms with Gasteiger partial charge < -0.3 is 19.9 Å². The van der Waals surface area contributed by atoms with Crippen LogP contribution < -0.4 is 20.2 Å². The van der Waals surface area contributed by atoms with E-state index in [1.807, 2.05) is 0 Å². The van der Waals surface area contributed by atoms with Gasteiger partial charge in [0.15, 0.2) is 11.5 Å². The highest BCUT2D eigenvalue weighted by Crippen LogP contribution is 2.35. The summed E-state index contributed by atoms with van der Waals surface area (Å²) in [6.45, 7) is 2.20. The Morgan fingerprint density at radius 2 is 1.90 bits per heavy atom. The Morgan fingerprint density at radius 1 is 1.17 bits per heavy atom. The number of rotatable bonds is 9. The van der Waals surface area contributed by atoms with Crippen LogP contribution in [0.4, 0.5) is 5.69 Å². The molecule has 0 radical (unpaired) electrons. The van der Waals surface area contributed by atoms with E-state index in [1.54, 1.807) is 43.3 Å². The van der Waals surface area contributed by atoms with E-state index in [2.05, 4.69) is 31.8 Å². The van der Waals surface area contributed by atoms with Gasteiger partial charge in [0, 0.05) is 12.8 Å². The number of halogens is 1. The van der Waals surface area contributed by atoms with Gasteiger partial charge in [0.2, 0.25) is 11.8 Å². The Bertz CT molecular complexity index is 902. The number of nitrogens with one attached hydrogen (secondary N) is 2. The number of carbonyl (C=O) groups excluding carboxylic acids is 2. The maximum absolute atomic E-state index is 12.0. The molecule has 2 aromatic carbocycles. The zero-order chi connectivity index (χ0) is 21.2. The molecule has 3 N–H and O–H groups in total. The second kappa shape index (κ2) is 11.1. The molecule has 0 atom stereocenters. The molecule has 2 rings (SSSR count). The molecule has 9 heteroatoms. The van der Waals surface area contributed by atoms with Crippen molar-refractivity contribution in [3.8, 4) is 17.2 Å². The summed E-state index contributed by atoms with van der Waals surface area (Å²) >= 11 is 3.23. The summed E-state index contributed by atoms with van der Waals surface area (Å²) in [5, 5.41) is 16.5. The van der Waals surface area contributed by atoms with Gasteiger partial charge >= 0.3 is 0 Å². The van der Waals surface area contributed by atoms with Crippen molar-refractivity contribution >= 4 is 39.6 Å². The number of carbonyl (C=O) groups is 2. The van der Waals surface area contributed by atoms with Crippen LogP contribution in [0.5, 0.6) is 17.2 Å². The highest BCUT2D eigenvalue weighted by molar-refractivity contribution is 9.10. The maximum Gasteiger partial charge on any atom is 0.240 e. The maximum atomic E-state index is 12.0. The van der Waals surface area contributed by atoms with E-state index in [-0.39, 0.29) is 24.5 Å². The largest absolute Gasteiger partial charge is 0.503 e. The summed E-state index contributed by atoms with van der Waals surface area (Å²) in [6, 6.07) is 10.2. The van der Waals surface area contributed by atoms with Gasteiger partial charge in [-0.2, -0.15) is 5.10 Å². The van der Waals surface area contributed by atoms with Crippen molar-refractivity contribution < 1.29 is 24.2 Å². The van der Waals surface area contributed by atoms with Gasteiger partial charge in [-0.25, -0.2) is 5.43 Å². The molecule has 29 heavy (non-hydrogen) atoms. The number of anilines is 1. The quantitative estimate of drug-likeness (QED) is 0.389. The van der Waals surface area contributed by atoms with Gasteiger partial charge in [0.25, 0.3) is 0 Å². The first-order chi connectivity index (χ1) is 13.9. The van der Waals surface area contributed by atoms with E-state index >= 15 is 0 Å². The van der Waals surface area contributed by atoms with Crippen LogP contribution in [0.25, 0.3) is 0 Å². The zero-order valence-electron chi connectivity index (χ0n) is 16.1. The first-order valence-electron chi connectivity index (χ1n) is 8.84. The topological polar surface area (TPSA) is 109 Å². The molecule has 0 heterocycles.